The van der Waals surface area contributed by atoms with Gasteiger partial charge in [-0.3, -0.25) is 4.79 Å². The molecule has 0 aliphatic heterocycles. The number of amides is 1. The molecule has 0 aromatic rings. The van der Waals surface area contributed by atoms with Gasteiger partial charge >= 0.3 is 5.97 Å². The quantitative estimate of drug-likeness (QED) is 0.739. The molecule has 106 valence electrons. The normalized spacial score (nSPS) is 18.6. The van der Waals surface area contributed by atoms with Crippen molar-refractivity contribution < 1.29 is 14.3 Å². The van der Waals surface area contributed by atoms with E-state index in [1.165, 1.54) is 7.11 Å². The van der Waals surface area contributed by atoms with E-state index in [1.807, 2.05) is 6.92 Å². The lowest BCUT2D eigenvalue weighted by molar-refractivity contribution is -0.151. The number of methoxy groups -OCH3 is 1. The van der Waals surface area contributed by atoms with Gasteiger partial charge in [-0.25, -0.2) is 4.79 Å². The van der Waals surface area contributed by atoms with Gasteiger partial charge in [-0.05, 0) is 19.3 Å². The van der Waals surface area contributed by atoms with Crippen LogP contribution >= 0.6 is 12.4 Å². The van der Waals surface area contributed by atoms with Gasteiger partial charge in [-0.2, -0.15) is 0 Å². The number of hydrogen-bond donors (Lipinski definition) is 2. The molecule has 0 aromatic heterocycles. The maximum absolute atomic E-state index is 11.9. The molecule has 6 heteroatoms. The molecule has 0 aromatic carbocycles. The second-order valence-electron chi connectivity index (χ2n) is 4.67. The largest absolute Gasteiger partial charge is 0.467 e. The minimum atomic E-state index is -0.836. The lowest BCUT2D eigenvalue weighted by Crippen LogP contribution is -2.57. The van der Waals surface area contributed by atoms with Crippen molar-refractivity contribution in [1.29, 1.82) is 0 Å². The highest BCUT2D eigenvalue weighted by Crippen LogP contribution is 2.30. The zero-order valence-electron chi connectivity index (χ0n) is 11.0. The summed E-state index contributed by atoms with van der Waals surface area (Å²) < 4.78 is 4.78. The predicted octanol–water partition coefficient (Wildman–Crippen LogP) is 1.14. The van der Waals surface area contributed by atoms with Crippen molar-refractivity contribution in [2.45, 2.75) is 57.0 Å². The van der Waals surface area contributed by atoms with Crippen LogP contribution in [0.15, 0.2) is 0 Å². The van der Waals surface area contributed by atoms with Gasteiger partial charge in [0.05, 0.1) is 13.2 Å². The van der Waals surface area contributed by atoms with Gasteiger partial charge < -0.3 is 15.8 Å². The zero-order valence-corrected chi connectivity index (χ0v) is 11.8. The SMILES string of the molecule is CCCC(N)C(=O)NC1(C(=O)OC)CCCC1.Cl. The van der Waals surface area contributed by atoms with Crippen molar-refractivity contribution in [1.82, 2.24) is 5.32 Å². The Hall–Kier alpha value is -0.810. The second-order valence-corrected chi connectivity index (χ2v) is 4.67. The summed E-state index contributed by atoms with van der Waals surface area (Å²) in [5, 5.41) is 2.79. The van der Waals surface area contributed by atoms with E-state index in [0.29, 0.717) is 19.3 Å². The lowest BCUT2D eigenvalue weighted by atomic mass is 9.96. The van der Waals surface area contributed by atoms with Crippen LogP contribution in [0, 0.1) is 0 Å². The summed E-state index contributed by atoms with van der Waals surface area (Å²) in [7, 11) is 1.35. The first-order valence-corrected chi connectivity index (χ1v) is 6.22. The van der Waals surface area contributed by atoms with Gasteiger partial charge in [-0.1, -0.05) is 26.2 Å². The smallest absolute Gasteiger partial charge is 0.331 e. The van der Waals surface area contributed by atoms with Crippen molar-refractivity contribution in [2.24, 2.45) is 5.73 Å². The van der Waals surface area contributed by atoms with Gasteiger partial charge in [-0.15, -0.1) is 12.4 Å². The molecule has 1 rings (SSSR count). The number of carbonyl (C=O) groups excluding carboxylic acids is 2. The van der Waals surface area contributed by atoms with Crippen molar-refractivity contribution in [3.63, 3.8) is 0 Å². The number of ether oxygens (including phenoxy) is 1. The van der Waals surface area contributed by atoms with Crippen LogP contribution in [0.3, 0.4) is 0 Å². The average Bonchev–Trinajstić information content (AvgIpc) is 2.78. The van der Waals surface area contributed by atoms with Crippen LogP contribution < -0.4 is 11.1 Å². The molecule has 1 amide bonds. The number of hydrogen-bond acceptors (Lipinski definition) is 4. The van der Waals surface area contributed by atoms with Gasteiger partial charge in [0.2, 0.25) is 5.91 Å². The lowest BCUT2D eigenvalue weighted by Gasteiger charge is -2.28. The first kappa shape index (κ1) is 17.2. The molecule has 0 saturated heterocycles. The van der Waals surface area contributed by atoms with E-state index in [1.54, 1.807) is 0 Å². The van der Waals surface area contributed by atoms with E-state index in [2.05, 4.69) is 5.32 Å². The maximum atomic E-state index is 11.9. The average molecular weight is 279 g/mol. The van der Waals surface area contributed by atoms with Crippen LogP contribution in [0.25, 0.3) is 0 Å². The highest BCUT2D eigenvalue weighted by atomic mass is 35.5. The van der Waals surface area contributed by atoms with Crippen molar-refractivity contribution in [3.05, 3.63) is 0 Å². The Labute approximate surface area is 114 Å². The molecule has 1 atom stereocenters. The Morgan fingerprint density at radius 3 is 2.39 bits per heavy atom. The van der Waals surface area contributed by atoms with E-state index in [-0.39, 0.29) is 24.3 Å². The molecule has 0 spiro atoms. The summed E-state index contributed by atoms with van der Waals surface area (Å²) in [6.45, 7) is 1.97. The fraction of sp³-hybridized carbons (Fsp3) is 0.833. The number of carbonyl (C=O) groups is 2. The summed E-state index contributed by atoms with van der Waals surface area (Å²) in [5.41, 5.74) is 4.91. The van der Waals surface area contributed by atoms with E-state index in [0.717, 1.165) is 19.3 Å². The molecule has 1 aliphatic rings. The monoisotopic (exact) mass is 278 g/mol. The maximum Gasteiger partial charge on any atom is 0.331 e. The first-order chi connectivity index (χ1) is 8.05. The van der Waals surface area contributed by atoms with Crippen molar-refractivity contribution >= 4 is 24.3 Å². The minimum Gasteiger partial charge on any atom is -0.467 e. The van der Waals surface area contributed by atoms with Crippen LogP contribution in [0.5, 0.6) is 0 Å². The Balaban J connectivity index is 0.00000289. The van der Waals surface area contributed by atoms with Gasteiger partial charge in [0.15, 0.2) is 0 Å². The summed E-state index contributed by atoms with van der Waals surface area (Å²) in [6, 6.07) is -0.540. The Bertz CT molecular complexity index is 291. The molecule has 3 N–H and O–H groups in total. The number of halogens is 1. The van der Waals surface area contributed by atoms with Crippen LogP contribution in [0.4, 0.5) is 0 Å². The zero-order chi connectivity index (χ0) is 12.9. The van der Waals surface area contributed by atoms with Gasteiger partial charge in [0.25, 0.3) is 0 Å². The fourth-order valence-corrected chi connectivity index (χ4v) is 2.32. The molecule has 1 fully saturated rings. The Morgan fingerprint density at radius 2 is 1.94 bits per heavy atom. The first-order valence-electron chi connectivity index (χ1n) is 6.22. The summed E-state index contributed by atoms with van der Waals surface area (Å²) >= 11 is 0. The Kier molecular flexibility index (Phi) is 7.25. The predicted molar refractivity (Wildman–Crippen MR) is 71.5 cm³/mol. The number of nitrogens with one attached hydrogen (secondary N) is 1. The van der Waals surface area contributed by atoms with Crippen molar-refractivity contribution in [3.8, 4) is 0 Å². The minimum absolute atomic E-state index is 0. The van der Waals surface area contributed by atoms with E-state index >= 15 is 0 Å². The van der Waals surface area contributed by atoms with Gasteiger partial charge in [0, 0.05) is 0 Å². The van der Waals surface area contributed by atoms with Crippen LogP contribution in [0.2, 0.25) is 0 Å². The van der Waals surface area contributed by atoms with Crippen LogP contribution in [-0.4, -0.2) is 30.6 Å². The highest BCUT2D eigenvalue weighted by Gasteiger charge is 2.44. The third-order valence-corrected chi connectivity index (χ3v) is 3.33. The molecule has 1 saturated carbocycles. The third kappa shape index (κ3) is 3.85. The number of rotatable bonds is 5. The summed E-state index contributed by atoms with van der Waals surface area (Å²) in [5.74, 6) is -0.605. The molecule has 1 unspecified atom stereocenters. The van der Waals surface area contributed by atoms with Crippen LogP contribution in [0.1, 0.15) is 45.4 Å². The van der Waals surface area contributed by atoms with E-state index < -0.39 is 11.6 Å². The summed E-state index contributed by atoms with van der Waals surface area (Å²) in [6.07, 6.45) is 4.62. The molecule has 18 heavy (non-hydrogen) atoms. The van der Waals surface area contributed by atoms with E-state index in [9.17, 15) is 9.59 Å². The topological polar surface area (TPSA) is 81.4 Å². The number of nitrogens with two attached hydrogens (primary N) is 1. The molecule has 0 bridgehead atoms. The molecule has 1 aliphatic carbocycles. The number of esters is 1. The standard InChI is InChI=1S/C12H22N2O3.ClH/c1-3-6-9(13)10(15)14-12(11(16)17-2)7-4-5-8-12;/h9H,3-8,13H2,1-2H3,(H,14,15);1H. The molecular weight excluding hydrogens is 256 g/mol. The summed E-state index contributed by atoms with van der Waals surface area (Å²) in [4.78, 5) is 23.6. The van der Waals surface area contributed by atoms with Gasteiger partial charge in [0.1, 0.15) is 5.54 Å². The molecule has 0 heterocycles. The second kappa shape index (κ2) is 7.59. The van der Waals surface area contributed by atoms with E-state index in [4.69, 9.17) is 10.5 Å². The molecular formula is C12H23ClN2O3. The molecule has 5 nitrogen and oxygen atoms in total. The highest BCUT2D eigenvalue weighted by molar-refractivity contribution is 5.90. The third-order valence-electron chi connectivity index (χ3n) is 3.33. The molecule has 0 radical (unpaired) electrons. The Morgan fingerprint density at radius 1 is 1.39 bits per heavy atom. The van der Waals surface area contributed by atoms with Crippen molar-refractivity contribution in [2.75, 3.05) is 7.11 Å². The van der Waals surface area contributed by atoms with Crippen LogP contribution in [-0.2, 0) is 14.3 Å². The fourth-order valence-electron chi connectivity index (χ4n) is 2.32.